The molecule has 2 aromatic rings. The smallest absolute Gasteiger partial charge is 0.0285 e. The molecular weight excluding hydrogens is 342 g/mol. The molecule has 1 aromatic heterocycles. The van der Waals surface area contributed by atoms with E-state index < -0.39 is 0 Å². The maximum absolute atomic E-state index is 3.62. The first-order chi connectivity index (χ1) is 10.0. The van der Waals surface area contributed by atoms with Gasteiger partial charge in [-0.15, -0.1) is 11.3 Å². The molecule has 1 heterocycles. The van der Waals surface area contributed by atoms with Gasteiger partial charge in [-0.2, -0.15) is 0 Å². The minimum absolute atomic E-state index is 0.536. The van der Waals surface area contributed by atoms with Crippen LogP contribution in [0.5, 0.6) is 0 Å². The Morgan fingerprint density at radius 3 is 2.62 bits per heavy atom. The van der Waals surface area contributed by atoms with Crippen LogP contribution < -0.4 is 5.32 Å². The van der Waals surface area contributed by atoms with E-state index in [9.17, 15) is 0 Å². The van der Waals surface area contributed by atoms with Crippen molar-refractivity contribution in [1.82, 2.24) is 5.32 Å². The molecule has 114 valence electrons. The molecule has 3 heteroatoms. The van der Waals surface area contributed by atoms with Crippen LogP contribution in [0.1, 0.15) is 35.8 Å². The van der Waals surface area contributed by atoms with E-state index in [0.29, 0.717) is 11.8 Å². The van der Waals surface area contributed by atoms with E-state index in [1.165, 1.54) is 20.5 Å². The summed E-state index contributed by atoms with van der Waals surface area (Å²) in [5.41, 5.74) is 2.78. The van der Waals surface area contributed by atoms with Gasteiger partial charge in [0.25, 0.3) is 0 Å². The van der Waals surface area contributed by atoms with Gasteiger partial charge in [-0.25, -0.2) is 0 Å². The molecule has 0 saturated carbocycles. The summed E-state index contributed by atoms with van der Waals surface area (Å²) in [7, 11) is 0. The number of hydrogen-bond acceptors (Lipinski definition) is 2. The first kappa shape index (κ1) is 16.7. The van der Waals surface area contributed by atoms with E-state index in [0.717, 1.165) is 19.5 Å². The number of halogens is 1. The van der Waals surface area contributed by atoms with Crippen molar-refractivity contribution in [2.75, 3.05) is 13.1 Å². The van der Waals surface area contributed by atoms with Crippen molar-refractivity contribution in [3.63, 3.8) is 0 Å². The maximum Gasteiger partial charge on any atom is 0.0285 e. The van der Waals surface area contributed by atoms with Gasteiger partial charge in [0.1, 0.15) is 0 Å². The van der Waals surface area contributed by atoms with E-state index in [-0.39, 0.29) is 0 Å². The van der Waals surface area contributed by atoms with E-state index in [4.69, 9.17) is 0 Å². The van der Waals surface area contributed by atoms with Crippen LogP contribution in [0.4, 0.5) is 0 Å². The van der Waals surface area contributed by atoms with Gasteiger partial charge in [0.15, 0.2) is 0 Å². The number of hydrogen-bond donors (Lipinski definition) is 1. The van der Waals surface area contributed by atoms with Gasteiger partial charge in [0.2, 0.25) is 0 Å². The molecule has 21 heavy (non-hydrogen) atoms. The fourth-order valence-corrected chi connectivity index (χ4v) is 4.01. The lowest BCUT2D eigenvalue weighted by molar-refractivity contribution is 0.515. The van der Waals surface area contributed by atoms with Crippen molar-refractivity contribution in [3.05, 3.63) is 56.2 Å². The molecule has 0 radical (unpaired) electrons. The molecule has 1 unspecified atom stereocenters. The highest BCUT2D eigenvalue weighted by atomic mass is 79.9. The molecule has 0 aliphatic carbocycles. The topological polar surface area (TPSA) is 12.0 Å². The van der Waals surface area contributed by atoms with Crippen LogP contribution in [-0.4, -0.2) is 13.1 Å². The van der Waals surface area contributed by atoms with Gasteiger partial charge in [0, 0.05) is 27.2 Å². The van der Waals surface area contributed by atoms with Crippen molar-refractivity contribution in [1.29, 1.82) is 0 Å². The SMILES string of the molecule is Cc1cccc(C(CNCC(C)C)Cc2cc(Br)cs2)c1. The van der Waals surface area contributed by atoms with Crippen LogP contribution in [0, 0.1) is 12.8 Å². The second kappa shape index (κ2) is 8.11. The summed E-state index contributed by atoms with van der Waals surface area (Å²) in [6.07, 6.45) is 1.10. The van der Waals surface area contributed by atoms with Crippen LogP contribution >= 0.6 is 27.3 Å². The van der Waals surface area contributed by atoms with Gasteiger partial charge < -0.3 is 5.32 Å². The van der Waals surface area contributed by atoms with E-state index in [1.807, 2.05) is 11.3 Å². The third-order valence-corrected chi connectivity index (χ3v) is 5.25. The van der Waals surface area contributed by atoms with Crippen molar-refractivity contribution in [3.8, 4) is 0 Å². The standard InChI is InChI=1S/C18H24BrNS/c1-13(2)10-20-11-16(8-18-9-17(19)12-21-18)15-6-4-5-14(3)7-15/h4-7,9,12-13,16,20H,8,10-11H2,1-3H3. The number of rotatable bonds is 7. The number of thiophene rings is 1. The fraction of sp³-hybridized carbons (Fsp3) is 0.444. The average Bonchev–Trinajstić information content (AvgIpc) is 2.83. The Labute approximate surface area is 140 Å². The average molecular weight is 366 g/mol. The largest absolute Gasteiger partial charge is 0.316 e. The molecule has 1 N–H and O–H groups in total. The highest BCUT2D eigenvalue weighted by Gasteiger charge is 2.14. The van der Waals surface area contributed by atoms with E-state index >= 15 is 0 Å². The van der Waals surface area contributed by atoms with Crippen molar-refractivity contribution in [2.45, 2.75) is 33.1 Å². The Kier molecular flexibility index (Phi) is 6.46. The van der Waals surface area contributed by atoms with Gasteiger partial charge in [0.05, 0.1) is 0 Å². The molecular formula is C18H24BrNS. The molecule has 0 spiro atoms. The monoisotopic (exact) mass is 365 g/mol. The third kappa shape index (κ3) is 5.57. The Bertz CT molecular complexity index is 562. The minimum atomic E-state index is 0.536. The first-order valence-electron chi connectivity index (χ1n) is 7.54. The molecule has 0 bridgehead atoms. The summed E-state index contributed by atoms with van der Waals surface area (Å²) in [6, 6.07) is 11.2. The highest BCUT2D eigenvalue weighted by Crippen LogP contribution is 2.27. The molecule has 1 atom stereocenters. The summed E-state index contributed by atoms with van der Waals surface area (Å²) >= 11 is 5.40. The van der Waals surface area contributed by atoms with Gasteiger partial charge >= 0.3 is 0 Å². The first-order valence-corrected chi connectivity index (χ1v) is 9.22. The predicted octanol–water partition coefficient (Wildman–Crippen LogP) is 5.39. The molecule has 1 nitrogen and oxygen atoms in total. The predicted molar refractivity (Wildman–Crippen MR) is 97.4 cm³/mol. The zero-order valence-electron chi connectivity index (χ0n) is 13.0. The normalized spacial score (nSPS) is 12.8. The van der Waals surface area contributed by atoms with Crippen LogP contribution in [0.3, 0.4) is 0 Å². The van der Waals surface area contributed by atoms with Crippen molar-refractivity contribution >= 4 is 27.3 Å². The van der Waals surface area contributed by atoms with Gasteiger partial charge in [-0.3, -0.25) is 0 Å². The van der Waals surface area contributed by atoms with Gasteiger partial charge in [-0.1, -0.05) is 43.7 Å². The number of nitrogens with one attached hydrogen (secondary N) is 1. The Balaban J connectivity index is 2.09. The summed E-state index contributed by atoms with van der Waals surface area (Å²) in [4.78, 5) is 1.44. The molecule has 0 aliphatic rings. The van der Waals surface area contributed by atoms with Crippen molar-refractivity contribution in [2.24, 2.45) is 5.92 Å². The number of aryl methyl sites for hydroxylation is 1. The molecule has 0 fully saturated rings. The van der Waals surface area contributed by atoms with E-state index in [1.54, 1.807) is 0 Å². The maximum atomic E-state index is 3.62. The molecule has 0 amide bonds. The lowest BCUT2D eigenvalue weighted by atomic mass is 9.93. The minimum Gasteiger partial charge on any atom is -0.316 e. The second-order valence-electron chi connectivity index (χ2n) is 6.10. The van der Waals surface area contributed by atoms with Crippen LogP contribution in [0.2, 0.25) is 0 Å². The summed E-state index contributed by atoms with van der Waals surface area (Å²) < 4.78 is 1.20. The molecule has 1 aromatic carbocycles. The van der Waals surface area contributed by atoms with E-state index in [2.05, 4.69) is 77.7 Å². The molecule has 0 saturated heterocycles. The lowest BCUT2D eigenvalue weighted by Crippen LogP contribution is -2.26. The zero-order chi connectivity index (χ0) is 15.2. The summed E-state index contributed by atoms with van der Waals surface area (Å²) in [5.74, 6) is 1.23. The Morgan fingerprint density at radius 2 is 2.00 bits per heavy atom. The highest BCUT2D eigenvalue weighted by molar-refractivity contribution is 9.10. The third-order valence-electron chi connectivity index (χ3n) is 3.53. The second-order valence-corrected chi connectivity index (χ2v) is 8.01. The quantitative estimate of drug-likeness (QED) is 0.693. The van der Waals surface area contributed by atoms with Crippen LogP contribution in [0.15, 0.2) is 40.2 Å². The zero-order valence-corrected chi connectivity index (χ0v) is 15.4. The van der Waals surface area contributed by atoms with Crippen LogP contribution in [0.25, 0.3) is 0 Å². The van der Waals surface area contributed by atoms with Crippen molar-refractivity contribution < 1.29 is 0 Å². The summed E-state index contributed by atoms with van der Waals surface area (Å²) in [5, 5.41) is 5.79. The Morgan fingerprint density at radius 1 is 1.19 bits per heavy atom. The van der Waals surface area contributed by atoms with Gasteiger partial charge in [-0.05, 0) is 53.4 Å². The molecule has 2 rings (SSSR count). The number of benzene rings is 1. The summed E-state index contributed by atoms with van der Waals surface area (Å²) in [6.45, 7) is 8.80. The lowest BCUT2D eigenvalue weighted by Gasteiger charge is -2.19. The molecule has 0 aliphatic heterocycles. The van der Waals surface area contributed by atoms with Crippen LogP contribution in [-0.2, 0) is 6.42 Å². The fourth-order valence-electron chi connectivity index (χ4n) is 2.48. The Hall–Kier alpha value is -0.640.